The van der Waals surface area contributed by atoms with E-state index in [1.54, 1.807) is 18.2 Å². The molecular weight excluding hydrogens is 289 g/mol. The minimum Gasteiger partial charge on any atom is -0.345 e. The van der Waals surface area contributed by atoms with E-state index in [0.717, 1.165) is 16.3 Å². The van der Waals surface area contributed by atoms with Gasteiger partial charge in [-0.3, -0.25) is 0 Å². The predicted octanol–water partition coefficient (Wildman–Crippen LogP) is 4.34. The number of rotatable bonds is 3. The lowest BCUT2D eigenvalue weighted by Crippen LogP contribution is -2.12. The first-order valence-corrected chi connectivity index (χ1v) is 7.55. The van der Waals surface area contributed by atoms with E-state index < -0.39 is 5.60 Å². The second-order valence-corrected chi connectivity index (χ2v) is 5.81. The first-order valence-electron chi connectivity index (χ1n) is 7.55. The quantitative estimate of drug-likeness (QED) is 0.675. The third-order valence-electron chi connectivity index (χ3n) is 4.43. The fourth-order valence-corrected chi connectivity index (χ4v) is 3.08. The smallest absolute Gasteiger partial charge is 0.206 e. The molecule has 0 saturated carbocycles. The van der Waals surface area contributed by atoms with E-state index >= 15 is 0 Å². The molecule has 3 aromatic carbocycles. The first-order chi connectivity index (χ1) is 11.2. The summed E-state index contributed by atoms with van der Waals surface area (Å²) in [4.78, 5) is 0. The summed E-state index contributed by atoms with van der Waals surface area (Å²) < 4.78 is 19.5. The molecule has 0 amide bonds. The number of ether oxygens (including phenoxy) is 1. The van der Waals surface area contributed by atoms with Crippen molar-refractivity contribution in [1.82, 2.24) is 0 Å². The first kappa shape index (κ1) is 13.9. The van der Waals surface area contributed by atoms with Crippen molar-refractivity contribution < 1.29 is 9.13 Å². The summed E-state index contributed by atoms with van der Waals surface area (Å²) in [5, 5.41) is 11.8. The van der Waals surface area contributed by atoms with Gasteiger partial charge in [-0.05, 0) is 28.5 Å². The van der Waals surface area contributed by atoms with Gasteiger partial charge in [-0.1, -0.05) is 54.6 Å². The maximum atomic E-state index is 13.8. The Morgan fingerprint density at radius 3 is 2.52 bits per heavy atom. The van der Waals surface area contributed by atoms with Gasteiger partial charge in [-0.25, -0.2) is 4.39 Å². The number of hydrogen-bond acceptors (Lipinski definition) is 2. The molecule has 0 N–H and O–H groups in total. The van der Waals surface area contributed by atoms with E-state index in [2.05, 4.69) is 6.07 Å². The largest absolute Gasteiger partial charge is 0.345 e. The highest BCUT2D eigenvalue weighted by Crippen LogP contribution is 2.48. The van der Waals surface area contributed by atoms with Gasteiger partial charge >= 0.3 is 0 Å². The van der Waals surface area contributed by atoms with E-state index in [9.17, 15) is 9.65 Å². The molecule has 0 aliphatic carbocycles. The summed E-state index contributed by atoms with van der Waals surface area (Å²) in [5.41, 5.74) is 0.446. The summed E-state index contributed by atoms with van der Waals surface area (Å²) >= 11 is 0. The fourth-order valence-electron chi connectivity index (χ4n) is 3.08. The van der Waals surface area contributed by atoms with Crippen LogP contribution in [0.3, 0.4) is 0 Å². The van der Waals surface area contributed by atoms with Crippen molar-refractivity contribution in [3.05, 3.63) is 83.7 Å². The molecule has 1 saturated heterocycles. The van der Waals surface area contributed by atoms with Crippen molar-refractivity contribution in [3.8, 4) is 6.07 Å². The van der Waals surface area contributed by atoms with Crippen LogP contribution in [-0.4, -0.2) is 6.10 Å². The second-order valence-electron chi connectivity index (χ2n) is 5.81. The average Bonchev–Trinajstić information content (AvgIpc) is 3.31. The van der Waals surface area contributed by atoms with Crippen molar-refractivity contribution >= 4 is 10.8 Å². The van der Waals surface area contributed by atoms with Crippen LogP contribution < -0.4 is 0 Å². The maximum absolute atomic E-state index is 13.8. The van der Waals surface area contributed by atoms with Crippen LogP contribution in [0.2, 0.25) is 0 Å². The van der Waals surface area contributed by atoms with Crippen LogP contribution in [0.5, 0.6) is 0 Å². The highest BCUT2D eigenvalue weighted by molar-refractivity contribution is 5.83. The molecule has 1 fully saturated rings. The number of epoxide rings is 1. The van der Waals surface area contributed by atoms with Crippen LogP contribution >= 0.6 is 0 Å². The summed E-state index contributed by atoms with van der Waals surface area (Å²) in [5.74, 6) is -0.256. The Balaban J connectivity index is 1.66. The van der Waals surface area contributed by atoms with Gasteiger partial charge in [0.05, 0.1) is 0 Å². The summed E-state index contributed by atoms with van der Waals surface area (Å²) in [6.45, 7) is 0. The molecule has 1 aliphatic heterocycles. The SMILES string of the molecule is N#CC1(c2ccc3ccccc3c2)OC1Cc1ccccc1F. The predicted molar refractivity (Wildman–Crippen MR) is 86.2 cm³/mol. The van der Waals surface area contributed by atoms with Crippen LogP contribution in [0.1, 0.15) is 11.1 Å². The Morgan fingerprint density at radius 2 is 1.74 bits per heavy atom. The van der Waals surface area contributed by atoms with E-state index in [-0.39, 0.29) is 11.9 Å². The molecular formula is C20H14FNO. The van der Waals surface area contributed by atoms with Crippen LogP contribution in [-0.2, 0) is 16.8 Å². The summed E-state index contributed by atoms with van der Waals surface area (Å²) in [7, 11) is 0. The maximum Gasteiger partial charge on any atom is 0.206 e. The highest BCUT2D eigenvalue weighted by Gasteiger charge is 2.58. The van der Waals surface area contributed by atoms with Crippen LogP contribution in [0.4, 0.5) is 4.39 Å². The summed E-state index contributed by atoms with van der Waals surface area (Å²) in [6.07, 6.45) is 0.0816. The zero-order valence-corrected chi connectivity index (χ0v) is 12.4. The van der Waals surface area contributed by atoms with E-state index in [1.807, 2.05) is 42.5 Å². The minimum absolute atomic E-state index is 0.256. The molecule has 0 aromatic heterocycles. The molecule has 0 bridgehead atoms. The zero-order chi connectivity index (χ0) is 15.9. The molecule has 2 unspecified atom stereocenters. The van der Waals surface area contributed by atoms with Crippen molar-refractivity contribution in [3.63, 3.8) is 0 Å². The Kier molecular flexibility index (Phi) is 3.14. The monoisotopic (exact) mass is 303 g/mol. The van der Waals surface area contributed by atoms with Crippen molar-refractivity contribution in [2.45, 2.75) is 18.1 Å². The highest BCUT2D eigenvalue weighted by atomic mass is 19.1. The number of hydrogen-bond donors (Lipinski definition) is 0. The zero-order valence-electron chi connectivity index (χ0n) is 12.4. The van der Waals surface area contributed by atoms with Gasteiger partial charge < -0.3 is 4.74 Å². The topological polar surface area (TPSA) is 36.3 Å². The molecule has 4 rings (SSSR count). The van der Waals surface area contributed by atoms with Gasteiger partial charge in [0.15, 0.2) is 0 Å². The molecule has 112 valence electrons. The summed E-state index contributed by atoms with van der Waals surface area (Å²) in [6, 6.07) is 22.8. The Hall–Kier alpha value is -2.70. The molecule has 1 aliphatic rings. The number of halogens is 1. The van der Waals surface area contributed by atoms with Gasteiger partial charge in [0.2, 0.25) is 5.60 Å². The van der Waals surface area contributed by atoms with Gasteiger partial charge in [-0.15, -0.1) is 0 Å². The van der Waals surface area contributed by atoms with Gasteiger partial charge in [-0.2, -0.15) is 5.26 Å². The Bertz CT molecular complexity index is 930. The molecule has 0 spiro atoms. The second kappa shape index (κ2) is 5.19. The number of nitriles is 1. The molecule has 2 nitrogen and oxygen atoms in total. The fraction of sp³-hybridized carbons (Fsp3) is 0.150. The number of nitrogens with zero attached hydrogens (tertiary/aromatic N) is 1. The average molecular weight is 303 g/mol. The third kappa shape index (κ3) is 2.28. The van der Waals surface area contributed by atoms with Crippen molar-refractivity contribution in [2.75, 3.05) is 0 Å². The van der Waals surface area contributed by atoms with Crippen molar-refractivity contribution in [1.29, 1.82) is 5.26 Å². The Morgan fingerprint density at radius 1 is 1.00 bits per heavy atom. The number of benzene rings is 3. The minimum atomic E-state index is -0.966. The van der Waals surface area contributed by atoms with E-state index in [1.165, 1.54) is 6.07 Å². The normalized spacial score (nSPS) is 22.7. The molecule has 2 atom stereocenters. The third-order valence-corrected chi connectivity index (χ3v) is 4.43. The lowest BCUT2D eigenvalue weighted by Gasteiger charge is -2.07. The lowest BCUT2D eigenvalue weighted by atomic mass is 9.91. The van der Waals surface area contributed by atoms with Crippen LogP contribution in [0.15, 0.2) is 66.7 Å². The molecule has 0 radical (unpaired) electrons. The number of fused-ring (bicyclic) bond motifs is 1. The van der Waals surface area contributed by atoms with E-state index in [4.69, 9.17) is 4.74 Å². The van der Waals surface area contributed by atoms with Crippen LogP contribution in [0.25, 0.3) is 10.8 Å². The lowest BCUT2D eigenvalue weighted by molar-refractivity contribution is 0.337. The van der Waals surface area contributed by atoms with E-state index in [0.29, 0.717) is 12.0 Å². The van der Waals surface area contributed by atoms with Gasteiger partial charge in [0.25, 0.3) is 0 Å². The standard InChI is InChI=1S/C20H14FNO/c21-18-8-4-3-7-16(18)12-19-20(13-22,23-19)17-10-9-14-5-1-2-6-15(14)11-17/h1-11,19H,12H2. The Labute approximate surface area is 133 Å². The van der Waals surface area contributed by atoms with Crippen molar-refractivity contribution in [2.24, 2.45) is 0 Å². The molecule has 1 heterocycles. The van der Waals surface area contributed by atoms with Crippen LogP contribution in [0, 0.1) is 17.1 Å². The molecule has 3 heteroatoms. The molecule has 3 aromatic rings. The van der Waals surface area contributed by atoms with Gasteiger partial charge in [0.1, 0.15) is 18.0 Å². The molecule has 23 heavy (non-hydrogen) atoms. The van der Waals surface area contributed by atoms with Gasteiger partial charge in [0, 0.05) is 12.0 Å².